The molecule has 0 heterocycles. The van der Waals surface area contributed by atoms with E-state index < -0.39 is 34.9 Å². The topological polar surface area (TPSA) is 101 Å². The normalized spacial score (nSPS) is 41.2. The minimum atomic E-state index is -1.38. The Kier molecular flexibility index (Phi) is 7.49. The third kappa shape index (κ3) is 4.65. The minimum absolute atomic E-state index is 0.151. The fourth-order valence-electron chi connectivity index (χ4n) is 6.86. The molecule has 0 radical (unpaired) electrons. The molecule has 3 aliphatic rings. The van der Waals surface area contributed by atoms with Crippen molar-refractivity contribution in [2.75, 3.05) is 0 Å². The molecule has 5 heteroatoms. The van der Waals surface area contributed by atoms with E-state index in [1.54, 1.807) is 6.92 Å². The summed E-state index contributed by atoms with van der Waals surface area (Å²) < 4.78 is 0. The highest BCUT2D eigenvalue weighted by molar-refractivity contribution is 5.39. The molecule has 3 aliphatic carbocycles. The van der Waals surface area contributed by atoms with Crippen LogP contribution in [0.2, 0.25) is 0 Å². The second-order valence-corrected chi connectivity index (χ2v) is 11.6. The van der Waals surface area contributed by atoms with Crippen LogP contribution in [-0.4, -0.2) is 55.0 Å². The molecule has 3 rings (SSSR count). The van der Waals surface area contributed by atoms with Gasteiger partial charge in [0.2, 0.25) is 0 Å². The van der Waals surface area contributed by atoms with Crippen molar-refractivity contribution in [2.45, 2.75) is 115 Å². The summed E-state index contributed by atoms with van der Waals surface area (Å²) in [5.74, 6) is 0.477. The summed E-state index contributed by atoms with van der Waals surface area (Å²) in [7, 11) is 0. The molecule has 0 bridgehead atoms. The number of aliphatic hydroxyl groups is 5. The lowest BCUT2D eigenvalue weighted by Gasteiger charge is -2.53. The van der Waals surface area contributed by atoms with E-state index in [0.717, 1.165) is 31.3 Å². The quantitative estimate of drug-likeness (QED) is 0.426. The first-order valence-corrected chi connectivity index (χ1v) is 12.4. The van der Waals surface area contributed by atoms with Gasteiger partial charge in [0, 0.05) is 18.3 Å². The molecule has 2 unspecified atom stereocenters. The number of rotatable bonds is 6. The molecule has 0 aliphatic heterocycles. The van der Waals surface area contributed by atoms with Gasteiger partial charge in [0.05, 0.1) is 29.5 Å². The minimum Gasteiger partial charge on any atom is -0.393 e. The molecular weight excluding hydrogens is 404 g/mol. The molecular formula is C27H44O5. The molecule has 32 heavy (non-hydrogen) atoms. The maximum atomic E-state index is 11.9. The lowest BCUT2D eigenvalue weighted by molar-refractivity contribution is -0.211. The Balaban J connectivity index is 1.85. The smallest absolute Gasteiger partial charge is 0.0990 e. The van der Waals surface area contributed by atoms with E-state index in [2.05, 4.69) is 19.6 Å². The number of hydrogen-bond donors (Lipinski definition) is 5. The molecule has 3 saturated carbocycles. The fourth-order valence-corrected chi connectivity index (χ4v) is 6.86. The van der Waals surface area contributed by atoms with Crippen LogP contribution in [0.4, 0.5) is 0 Å². The van der Waals surface area contributed by atoms with Gasteiger partial charge in [0.25, 0.3) is 0 Å². The van der Waals surface area contributed by atoms with Gasteiger partial charge in [0.15, 0.2) is 0 Å². The van der Waals surface area contributed by atoms with E-state index in [9.17, 15) is 25.5 Å². The van der Waals surface area contributed by atoms with Crippen LogP contribution < -0.4 is 0 Å². The molecule has 5 nitrogen and oxygen atoms in total. The van der Waals surface area contributed by atoms with Crippen LogP contribution in [0, 0.1) is 17.3 Å². The lowest BCUT2D eigenvalue weighted by atomic mass is 9.57. The first-order chi connectivity index (χ1) is 14.8. The molecule has 5 N–H and O–H groups in total. The van der Waals surface area contributed by atoms with Gasteiger partial charge in [-0.05, 0) is 74.9 Å². The van der Waals surface area contributed by atoms with E-state index in [1.165, 1.54) is 5.57 Å². The average Bonchev–Trinajstić information content (AvgIpc) is 2.95. The molecule has 0 aromatic rings. The zero-order valence-corrected chi connectivity index (χ0v) is 20.3. The zero-order valence-electron chi connectivity index (χ0n) is 20.3. The van der Waals surface area contributed by atoms with Gasteiger partial charge in [0.1, 0.15) is 0 Å². The van der Waals surface area contributed by atoms with E-state index in [1.807, 2.05) is 19.9 Å². The maximum Gasteiger partial charge on any atom is 0.0990 e. The van der Waals surface area contributed by atoms with Crippen molar-refractivity contribution in [3.63, 3.8) is 0 Å². The second-order valence-electron chi connectivity index (χ2n) is 11.6. The average molecular weight is 449 g/mol. The third-order valence-electron chi connectivity index (χ3n) is 8.65. The summed E-state index contributed by atoms with van der Waals surface area (Å²) in [6, 6.07) is 0. The lowest BCUT2D eigenvalue weighted by Crippen LogP contribution is -2.62. The van der Waals surface area contributed by atoms with Crippen LogP contribution in [0.5, 0.6) is 0 Å². The predicted octanol–water partition coefficient (Wildman–Crippen LogP) is 3.79. The summed E-state index contributed by atoms with van der Waals surface area (Å²) in [6.07, 6.45) is 7.79. The SMILES string of the molecule is C=C1/C(=C\C=C2CCC[C@@]3(C)C2CC[C@]3(O)[C@@](C)(O)CC(O)CC(C)C)C[C@@H](O)C[C@H]1O. The first-order valence-electron chi connectivity index (χ1n) is 12.4. The fraction of sp³-hybridized carbons (Fsp3) is 0.778. The molecule has 0 aromatic heterocycles. The van der Waals surface area contributed by atoms with Crippen LogP contribution >= 0.6 is 0 Å². The zero-order chi connectivity index (χ0) is 23.9. The molecule has 0 amide bonds. The molecule has 0 aromatic carbocycles. The van der Waals surface area contributed by atoms with Crippen molar-refractivity contribution in [3.8, 4) is 0 Å². The molecule has 0 spiro atoms. The number of fused-ring (bicyclic) bond motifs is 1. The molecule has 0 saturated heterocycles. The Hall–Kier alpha value is -0.980. The Morgan fingerprint density at radius 1 is 1.22 bits per heavy atom. The van der Waals surface area contributed by atoms with Gasteiger partial charge in [-0.1, -0.05) is 45.1 Å². The Labute approximate surface area is 193 Å². The van der Waals surface area contributed by atoms with Crippen LogP contribution in [-0.2, 0) is 0 Å². The molecule has 7 atom stereocenters. The Morgan fingerprint density at radius 2 is 1.91 bits per heavy atom. The van der Waals surface area contributed by atoms with Gasteiger partial charge < -0.3 is 25.5 Å². The van der Waals surface area contributed by atoms with Gasteiger partial charge in [-0.15, -0.1) is 0 Å². The summed E-state index contributed by atoms with van der Waals surface area (Å²) in [4.78, 5) is 0. The van der Waals surface area contributed by atoms with E-state index in [-0.39, 0.29) is 12.3 Å². The Morgan fingerprint density at radius 3 is 2.56 bits per heavy atom. The molecule has 3 fully saturated rings. The largest absolute Gasteiger partial charge is 0.393 e. The van der Waals surface area contributed by atoms with Crippen molar-refractivity contribution in [1.82, 2.24) is 0 Å². The van der Waals surface area contributed by atoms with Crippen molar-refractivity contribution in [1.29, 1.82) is 0 Å². The monoisotopic (exact) mass is 448 g/mol. The van der Waals surface area contributed by atoms with E-state index >= 15 is 0 Å². The van der Waals surface area contributed by atoms with Crippen LogP contribution in [0.3, 0.4) is 0 Å². The number of hydrogen-bond acceptors (Lipinski definition) is 5. The summed E-state index contributed by atoms with van der Waals surface area (Å²) in [5.41, 5.74) is -0.306. The van der Waals surface area contributed by atoms with Crippen molar-refractivity contribution >= 4 is 0 Å². The van der Waals surface area contributed by atoms with Gasteiger partial charge in [-0.2, -0.15) is 0 Å². The highest BCUT2D eigenvalue weighted by Gasteiger charge is 2.65. The van der Waals surface area contributed by atoms with Crippen molar-refractivity contribution in [3.05, 3.63) is 35.5 Å². The standard InChI is InChI=1S/C27H44O5/c1-17(2)13-22(29)16-26(5,31)27(32)12-10-23-19(7-6-11-25(23,27)4)8-9-20-14-21(28)15-24(30)18(20)3/h8-9,17,21-24,28-32H,3,6-7,10-16H2,1-2,4-5H3/b19-8?,20-9-/t21-,22?,23?,24-,25+,26+,27-/m1/s1. The van der Waals surface area contributed by atoms with E-state index in [4.69, 9.17) is 0 Å². The second kappa shape index (κ2) is 9.34. The predicted molar refractivity (Wildman–Crippen MR) is 127 cm³/mol. The third-order valence-corrected chi connectivity index (χ3v) is 8.65. The summed E-state index contributed by atoms with van der Waals surface area (Å²) in [5, 5.41) is 54.1. The first kappa shape index (κ1) is 25.6. The van der Waals surface area contributed by atoms with Crippen molar-refractivity contribution in [2.24, 2.45) is 17.3 Å². The van der Waals surface area contributed by atoms with Gasteiger partial charge in [-0.25, -0.2) is 0 Å². The maximum absolute atomic E-state index is 11.9. The van der Waals surface area contributed by atoms with Crippen molar-refractivity contribution < 1.29 is 25.5 Å². The van der Waals surface area contributed by atoms with Crippen LogP contribution in [0.15, 0.2) is 35.5 Å². The highest BCUT2D eigenvalue weighted by atomic mass is 16.4. The van der Waals surface area contributed by atoms with Gasteiger partial charge in [-0.3, -0.25) is 0 Å². The highest BCUT2D eigenvalue weighted by Crippen LogP contribution is 2.63. The number of aliphatic hydroxyl groups excluding tert-OH is 3. The number of allylic oxidation sites excluding steroid dienone is 3. The molecule has 182 valence electrons. The van der Waals surface area contributed by atoms with E-state index in [0.29, 0.717) is 37.2 Å². The van der Waals surface area contributed by atoms with Gasteiger partial charge >= 0.3 is 0 Å². The van der Waals surface area contributed by atoms with Crippen LogP contribution in [0.1, 0.15) is 85.5 Å². The summed E-state index contributed by atoms with van der Waals surface area (Å²) >= 11 is 0. The Bertz CT molecular complexity index is 766. The summed E-state index contributed by atoms with van der Waals surface area (Å²) in [6.45, 7) is 11.9. The van der Waals surface area contributed by atoms with Crippen LogP contribution in [0.25, 0.3) is 0 Å².